The monoisotopic (exact) mass is 210 g/mol. The second-order valence-electron chi connectivity index (χ2n) is 3.83. The first-order valence-corrected chi connectivity index (χ1v) is 5.14. The van der Waals surface area contributed by atoms with Gasteiger partial charge in [-0.3, -0.25) is 0 Å². The van der Waals surface area contributed by atoms with Crippen LogP contribution in [0.5, 0.6) is 0 Å². The molecule has 4 heteroatoms. The van der Waals surface area contributed by atoms with Crippen molar-refractivity contribution in [3.8, 4) is 0 Å². The molecule has 0 aliphatic rings. The normalized spacial score (nSPS) is 12.3. The van der Waals surface area contributed by atoms with Crippen LogP contribution in [0.3, 0.4) is 0 Å². The number of rotatable bonds is 1. The first-order valence-electron chi connectivity index (χ1n) is 4.33. The van der Waals surface area contributed by atoms with Gasteiger partial charge in [-0.1, -0.05) is 6.07 Å². The number of hydrogen-bond acceptors (Lipinski definition) is 3. The molecule has 2 rings (SSSR count). The third-order valence-corrected chi connectivity index (χ3v) is 3.28. The Balaban J connectivity index is 2.69. The van der Waals surface area contributed by atoms with Crippen molar-refractivity contribution in [1.82, 2.24) is 4.98 Å². The van der Waals surface area contributed by atoms with E-state index in [-0.39, 0.29) is 5.82 Å². The lowest BCUT2D eigenvalue weighted by atomic mass is 10.1. The zero-order valence-electron chi connectivity index (χ0n) is 8.04. The van der Waals surface area contributed by atoms with Crippen LogP contribution in [0, 0.1) is 5.82 Å². The molecule has 2 nitrogen and oxygen atoms in total. The van der Waals surface area contributed by atoms with Crippen molar-refractivity contribution in [1.29, 1.82) is 0 Å². The summed E-state index contributed by atoms with van der Waals surface area (Å²) in [6, 6.07) is 4.95. The molecule has 0 unspecified atom stereocenters. The maximum atomic E-state index is 13.3. The molecule has 0 amide bonds. The van der Waals surface area contributed by atoms with Crippen molar-refractivity contribution in [2.75, 3.05) is 0 Å². The van der Waals surface area contributed by atoms with E-state index in [4.69, 9.17) is 5.73 Å². The summed E-state index contributed by atoms with van der Waals surface area (Å²) < 4.78 is 14.1. The van der Waals surface area contributed by atoms with E-state index in [1.54, 1.807) is 6.07 Å². The minimum atomic E-state index is -0.504. The lowest BCUT2D eigenvalue weighted by Gasteiger charge is -2.13. The van der Waals surface area contributed by atoms with Crippen LogP contribution in [0.25, 0.3) is 10.2 Å². The lowest BCUT2D eigenvalue weighted by molar-refractivity contribution is 0.550. The van der Waals surface area contributed by atoms with E-state index in [2.05, 4.69) is 4.98 Å². The molecule has 0 bridgehead atoms. The van der Waals surface area contributed by atoms with Crippen molar-refractivity contribution in [2.45, 2.75) is 19.4 Å². The van der Waals surface area contributed by atoms with Crippen LogP contribution >= 0.6 is 11.3 Å². The van der Waals surface area contributed by atoms with E-state index in [9.17, 15) is 4.39 Å². The molecule has 0 aliphatic heterocycles. The van der Waals surface area contributed by atoms with Crippen LogP contribution in [-0.2, 0) is 5.54 Å². The van der Waals surface area contributed by atoms with Gasteiger partial charge in [-0.15, -0.1) is 11.3 Å². The third-order valence-electron chi connectivity index (χ3n) is 1.92. The van der Waals surface area contributed by atoms with E-state index >= 15 is 0 Å². The zero-order chi connectivity index (χ0) is 10.3. The molecule has 0 aliphatic carbocycles. The highest BCUT2D eigenvalue weighted by atomic mass is 32.1. The SMILES string of the molecule is CC(C)(N)c1nc2c(F)cccc2s1. The van der Waals surface area contributed by atoms with Crippen LogP contribution in [-0.4, -0.2) is 4.98 Å². The van der Waals surface area contributed by atoms with Gasteiger partial charge in [-0.2, -0.15) is 0 Å². The molecular formula is C10H11FN2S. The molecule has 1 aromatic carbocycles. The molecule has 0 radical (unpaired) electrons. The Kier molecular flexibility index (Phi) is 2.05. The Morgan fingerprint density at radius 1 is 1.43 bits per heavy atom. The maximum absolute atomic E-state index is 13.3. The summed E-state index contributed by atoms with van der Waals surface area (Å²) in [5.74, 6) is -0.283. The molecule has 14 heavy (non-hydrogen) atoms. The highest BCUT2D eigenvalue weighted by molar-refractivity contribution is 7.18. The Morgan fingerprint density at radius 3 is 2.71 bits per heavy atom. The predicted octanol–water partition coefficient (Wildman–Crippen LogP) is 2.63. The average Bonchev–Trinajstić information content (AvgIpc) is 2.48. The van der Waals surface area contributed by atoms with Gasteiger partial charge in [0.1, 0.15) is 16.3 Å². The topological polar surface area (TPSA) is 38.9 Å². The number of nitrogens with two attached hydrogens (primary N) is 1. The maximum Gasteiger partial charge on any atom is 0.150 e. The predicted molar refractivity (Wildman–Crippen MR) is 56.8 cm³/mol. The van der Waals surface area contributed by atoms with Crippen LogP contribution in [0.4, 0.5) is 4.39 Å². The fourth-order valence-electron chi connectivity index (χ4n) is 1.19. The molecule has 0 fully saturated rings. The molecule has 2 aromatic rings. The molecule has 74 valence electrons. The van der Waals surface area contributed by atoms with Crippen molar-refractivity contribution in [3.05, 3.63) is 29.0 Å². The molecular weight excluding hydrogens is 199 g/mol. The molecule has 0 atom stereocenters. The van der Waals surface area contributed by atoms with E-state index in [1.807, 2.05) is 19.9 Å². The molecule has 0 spiro atoms. The Labute approximate surface area is 85.6 Å². The first-order chi connectivity index (χ1) is 6.48. The Bertz CT molecular complexity index is 470. The largest absolute Gasteiger partial charge is 0.320 e. The number of aromatic nitrogens is 1. The van der Waals surface area contributed by atoms with E-state index in [0.717, 1.165) is 9.71 Å². The number of benzene rings is 1. The first kappa shape index (κ1) is 9.55. The smallest absolute Gasteiger partial charge is 0.150 e. The molecule has 0 saturated carbocycles. The lowest BCUT2D eigenvalue weighted by Crippen LogP contribution is -2.28. The summed E-state index contributed by atoms with van der Waals surface area (Å²) >= 11 is 1.44. The number of thiazole rings is 1. The number of hydrogen-bond donors (Lipinski definition) is 1. The van der Waals surface area contributed by atoms with Gasteiger partial charge in [0, 0.05) is 0 Å². The fourth-order valence-corrected chi connectivity index (χ4v) is 2.19. The van der Waals surface area contributed by atoms with Gasteiger partial charge in [0.2, 0.25) is 0 Å². The third kappa shape index (κ3) is 1.51. The van der Waals surface area contributed by atoms with Crippen molar-refractivity contribution in [3.63, 3.8) is 0 Å². The summed E-state index contributed by atoms with van der Waals surface area (Å²) in [6.45, 7) is 3.73. The summed E-state index contributed by atoms with van der Waals surface area (Å²) in [6.07, 6.45) is 0. The van der Waals surface area contributed by atoms with Crippen LogP contribution < -0.4 is 5.73 Å². The van der Waals surface area contributed by atoms with Gasteiger partial charge in [0.05, 0.1) is 10.2 Å². The van der Waals surface area contributed by atoms with Crippen molar-refractivity contribution >= 4 is 21.6 Å². The number of nitrogens with zero attached hydrogens (tertiary/aromatic N) is 1. The van der Waals surface area contributed by atoms with Gasteiger partial charge in [-0.05, 0) is 26.0 Å². The highest BCUT2D eigenvalue weighted by Gasteiger charge is 2.20. The van der Waals surface area contributed by atoms with Gasteiger partial charge < -0.3 is 5.73 Å². The van der Waals surface area contributed by atoms with E-state index < -0.39 is 5.54 Å². The van der Waals surface area contributed by atoms with Gasteiger partial charge in [0.15, 0.2) is 0 Å². The summed E-state index contributed by atoms with van der Waals surface area (Å²) in [5, 5.41) is 0.762. The van der Waals surface area contributed by atoms with Gasteiger partial charge >= 0.3 is 0 Å². The molecule has 0 saturated heterocycles. The summed E-state index contributed by atoms with van der Waals surface area (Å²) in [5.41, 5.74) is 5.81. The highest BCUT2D eigenvalue weighted by Crippen LogP contribution is 2.29. The average molecular weight is 210 g/mol. The van der Waals surface area contributed by atoms with Crippen molar-refractivity contribution < 1.29 is 4.39 Å². The number of halogens is 1. The fraction of sp³-hybridized carbons (Fsp3) is 0.300. The van der Waals surface area contributed by atoms with Crippen LogP contribution in [0.1, 0.15) is 18.9 Å². The van der Waals surface area contributed by atoms with Gasteiger partial charge in [-0.25, -0.2) is 9.37 Å². The van der Waals surface area contributed by atoms with Crippen LogP contribution in [0.15, 0.2) is 18.2 Å². The molecule has 1 heterocycles. The molecule has 2 N–H and O–H groups in total. The standard InChI is InChI=1S/C10H11FN2S/c1-10(2,12)9-13-8-6(11)4-3-5-7(8)14-9/h3-5H,12H2,1-2H3. The Hall–Kier alpha value is -1.000. The minimum Gasteiger partial charge on any atom is -0.320 e. The quantitative estimate of drug-likeness (QED) is 0.785. The van der Waals surface area contributed by atoms with E-state index in [1.165, 1.54) is 17.4 Å². The number of para-hydroxylation sites is 1. The summed E-state index contributed by atoms with van der Waals surface area (Å²) in [7, 11) is 0. The van der Waals surface area contributed by atoms with Gasteiger partial charge in [0.25, 0.3) is 0 Å². The number of fused-ring (bicyclic) bond motifs is 1. The minimum absolute atomic E-state index is 0.283. The van der Waals surface area contributed by atoms with Crippen LogP contribution in [0.2, 0.25) is 0 Å². The molecule has 1 aromatic heterocycles. The second kappa shape index (κ2) is 3.00. The zero-order valence-corrected chi connectivity index (χ0v) is 8.86. The van der Waals surface area contributed by atoms with E-state index in [0.29, 0.717) is 5.52 Å². The summed E-state index contributed by atoms with van der Waals surface area (Å²) in [4.78, 5) is 4.20. The Morgan fingerprint density at radius 2 is 2.14 bits per heavy atom. The van der Waals surface area contributed by atoms with Crippen molar-refractivity contribution in [2.24, 2.45) is 5.73 Å². The second-order valence-corrected chi connectivity index (χ2v) is 4.86.